The Balaban J connectivity index is 1.70. The first-order chi connectivity index (χ1) is 12.8. The first kappa shape index (κ1) is 20.1. The van der Waals surface area contributed by atoms with E-state index in [9.17, 15) is 18.0 Å². The largest absolute Gasteiger partial charge is 0.468 e. The number of nitrogens with zero attached hydrogens (tertiary/aromatic N) is 2. The lowest BCUT2D eigenvalue weighted by Crippen LogP contribution is -2.42. The van der Waals surface area contributed by atoms with Crippen molar-refractivity contribution in [2.24, 2.45) is 11.1 Å². The minimum absolute atomic E-state index is 0.0316. The normalized spacial score (nSPS) is 22.9. The van der Waals surface area contributed by atoms with Crippen molar-refractivity contribution in [3.8, 4) is 0 Å². The van der Waals surface area contributed by atoms with Gasteiger partial charge in [-0.15, -0.1) is 0 Å². The van der Waals surface area contributed by atoms with Crippen LogP contribution in [0.5, 0.6) is 0 Å². The zero-order valence-corrected chi connectivity index (χ0v) is 16.3. The molecule has 148 valence electrons. The summed E-state index contributed by atoms with van der Waals surface area (Å²) in [5.74, 6) is -0.151. The quantitative estimate of drug-likeness (QED) is 0.649. The van der Waals surface area contributed by atoms with E-state index in [0.29, 0.717) is 24.6 Å². The Hall–Kier alpha value is -1.61. The van der Waals surface area contributed by atoms with Gasteiger partial charge in [-0.2, -0.15) is 13.2 Å². The van der Waals surface area contributed by atoms with Crippen LogP contribution in [0.15, 0.2) is 29.4 Å². The van der Waals surface area contributed by atoms with Crippen LogP contribution in [0.2, 0.25) is 0 Å². The van der Waals surface area contributed by atoms with Gasteiger partial charge in [0.05, 0.1) is 12.7 Å². The van der Waals surface area contributed by atoms with Crippen molar-refractivity contribution < 1.29 is 27.5 Å². The smallest absolute Gasteiger partial charge is 0.416 e. The number of oxime groups is 1. The molecule has 1 fully saturated rings. The number of hydrogen-bond donors (Lipinski definition) is 0. The summed E-state index contributed by atoms with van der Waals surface area (Å²) < 4.78 is 44.1. The number of methoxy groups -OCH3 is 1. The molecule has 2 heterocycles. The van der Waals surface area contributed by atoms with Gasteiger partial charge in [0.2, 0.25) is 0 Å². The second-order valence-corrected chi connectivity index (χ2v) is 7.65. The van der Waals surface area contributed by atoms with Gasteiger partial charge >= 0.3 is 12.1 Å². The van der Waals surface area contributed by atoms with E-state index >= 15 is 0 Å². The molecule has 1 aromatic carbocycles. The number of rotatable bonds is 4. The topological polar surface area (TPSA) is 51.1 Å². The minimum Gasteiger partial charge on any atom is -0.468 e. The number of likely N-dealkylation sites (tertiary alicyclic amines) is 1. The fourth-order valence-corrected chi connectivity index (χ4v) is 4.03. The molecule has 5 nitrogen and oxygen atoms in total. The summed E-state index contributed by atoms with van der Waals surface area (Å²) in [5, 5.41) is 3.92. The van der Waals surface area contributed by atoms with Crippen LogP contribution in [0.3, 0.4) is 0 Å². The molecule has 0 amide bonds. The van der Waals surface area contributed by atoms with E-state index in [2.05, 4.69) is 21.1 Å². The van der Waals surface area contributed by atoms with Crippen molar-refractivity contribution in [3.05, 3.63) is 35.4 Å². The summed E-state index contributed by atoms with van der Waals surface area (Å²) in [6.45, 7) is 1.26. The highest BCUT2D eigenvalue weighted by atomic mass is 79.9. The van der Waals surface area contributed by atoms with Crippen molar-refractivity contribution in [1.29, 1.82) is 0 Å². The van der Waals surface area contributed by atoms with E-state index in [-0.39, 0.29) is 6.10 Å². The Kier molecular flexibility index (Phi) is 6.10. The Morgan fingerprint density at radius 1 is 1.30 bits per heavy atom. The Labute approximate surface area is 163 Å². The molecule has 0 bridgehead atoms. The molecule has 0 spiro atoms. The van der Waals surface area contributed by atoms with Crippen LogP contribution >= 0.6 is 15.9 Å². The SMILES string of the molecule is COC(=O)[C@H](c1ccc(C(F)(F)F)cc1)N1CCC([C@H]2CC(Br)=NO2)CC1. The number of hydrogen-bond acceptors (Lipinski definition) is 5. The highest BCUT2D eigenvalue weighted by Crippen LogP contribution is 2.34. The van der Waals surface area contributed by atoms with Crippen molar-refractivity contribution in [2.75, 3.05) is 20.2 Å². The lowest BCUT2D eigenvalue weighted by atomic mass is 9.88. The van der Waals surface area contributed by atoms with E-state index < -0.39 is 23.8 Å². The predicted molar refractivity (Wildman–Crippen MR) is 96.4 cm³/mol. The van der Waals surface area contributed by atoms with Crippen LogP contribution in [0.25, 0.3) is 0 Å². The first-order valence-corrected chi connectivity index (χ1v) is 9.46. The van der Waals surface area contributed by atoms with Gasteiger partial charge in [-0.3, -0.25) is 4.90 Å². The molecular weight excluding hydrogens is 429 g/mol. The fraction of sp³-hybridized carbons (Fsp3) is 0.556. The molecule has 2 aliphatic rings. The number of ether oxygens (including phenoxy) is 1. The van der Waals surface area contributed by atoms with Crippen LogP contribution in [0.4, 0.5) is 13.2 Å². The molecular formula is C18H20BrF3N2O3. The van der Waals surface area contributed by atoms with Crippen molar-refractivity contribution in [3.63, 3.8) is 0 Å². The van der Waals surface area contributed by atoms with Crippen molar-refractivity contribution in [2.45, 2.75) is 37.6 Å². The minimum atomic E-state index is -4.41. The summed E-state index contributed by atoms with van der Waals surface area (Å²) in [4.78, 5) is 19.7. The molecule has 0 unspecified atom stereocenters. The van der Waals surface area contributed by atoms with Gasteiger partial charge < -0.3 is 9.57 Å². The number of piperidine rings is 1. The summed E-state index contributed by atoms with van der Waals surface area (Å²) >= 11 is 3.33. The second-order valence-electron chi connectivity index (χ2n) is 6.73. The maximum absolute atomic E-state index is 12.8. The van der Waals surface area contributed by atoms with E-state index in [4.69, 9.17) is 9.57 Å². The third-order valence-corrected chi connectivity index (χ3v) is 5.57. The average Bonchev–Trinajstić information content (AvgIpc) is 3.08. The zero-order chi connectivity index (χ0) is 19.6. The van der Waals surface area contributed by atoms with Gasteiger partial charge in [-0.1, -0.05) is 17.3 Å². The molecule has 0 aliphatic carbocycles. The molecule has 9 heteroatoms. The number of benzene rings is 1. The first-order valence-electron chi connectivity index (χ1n) is 8.67. The van der Waals surface area contributed by atoms with Gasteiger partial charge in [-0.25, -0.2) is 4.79 Å². The van der Waals surface area contributed by atoms with Crippen LogP contribution < -0.4 is 0 Å². The zero-order valence-electron chi connectivity index (χ0n) is 14.7. The predicted octanol–water partition coefficient (Wildman–Crippen LogP) is 4.13. The third kappa shape index (κ3) is 4.63. The lowest BCUT2D eigenvalue weighted by Gasteiger charge is -2.37. The number of esters is 1. The maximum atomic E-state index is 12.8. The van der Waals surface area contributed by atoms with E-state index in [1.165, 1.54) is 19.2 Å². The van der Waals surface area contributed by atoms with Crippen LogP contribution in [-0.2, 0) is 20.5 Å². The Morgan fingerprint density at radius 2 is 1.93 bits per heavy atom. The molecule has 3 rings (SSSR count). The van der Waals surface area contributed by atoms with E-state index in [0.717, 1.165) is 36.0 Å². The monoisotopic (exact) mass is 448 g/mol. The van der Waals surface area contributed by atoms with Gasteiger partial charge in [0.15, 0.2) is 0 Å². The highest BCUT2D eigenvalue weighted by molar-refractivity contribution is 9.18. The highest BCUT2D eigenvalue weighted by Gasteiger charge is 2.37. The van der Waals surface area contributed by atoms with Gasteiger partial charge in [0.25, 0.3) is 0 Å². The van der Waals surface area contributed by atoms with Crippen LogP contribution in [-0.4, -0.2) is 41.8 Å². The van der Waals surface area contributed by atoms with Crippen LogP contribution in [0.1, 0.15) is 36.4 Å². The standard InChI is InChI=1S/C18H20BrF3N2O3/c1-26-17(25)16(12-2-4-13(5-3-12)18(20,21)22)24-8-6-11(7-9-24)14-10-15(19)23-27-14/h2-5,11,14,16H,6-10H2,1H3/t14-,16+/m1/s1. The van der Waals surface area contributed by atoms with Crippen molar-refractivity contribution in [1.82, 2.24) is 4.90 Å². The molecule has 1 aromatic rings. The fourth-order valence-electron chi connectivity index (χ4n) is 3.63. The number of halogens is 4. The third-order valence-electron chi connectivity index (χ3n) is 5.10. The van der Waals surface area contributed by atoms with Gasteiger partial charge in [0.1, 0.15) is 16.8 Å². The molecule has 1 saturated heterocycles. The number of carbonyl (C=O) groups is 1. The molecule has 2 aliphatic heterocycles. The van der Waals surface area contributed by atoms with Gasteiger partial charge in [-0.05, 0) is 59.6 Å². The molecule has 0 N–H and O–H groups in total. The summed E-state index contributed by atoms with van der Waals surface area (Å²) in [5.41, 5.74) is -0.242. The van der Waals surface area contributed by atoms with Crippen LogP contribution in [0, 0.1) is 5.92 Å². The number of carbonyl (C=O) groups excluding carboxylic acids is 1. The van der Waals surface area contributed by atoms with Gasteiger partial charge in [0, 0.05) is 12.3 Å². The van der Waals surface area contributed by atoms with E-state index in [1.807, 2.05) is 4.90 Å². The summed E-state index contributed by atoms with van der Waals surface area (Å²) in [6.07, 6.45) is -2.01. The lowest BCUT2D eigenvalue weighted by molar-refractivity contribution is -0.148. The maximum Gasteiger partial charge on any atom is 0.416 e. The molecule has 2 atom stereocenters. The molecule has 0 saturated carbocycles. The molecule has 0 aromatic heterocycles. The average molecular weight is 449 g/mol. The van der Waals surface area contributed by atoms with E-state index in [1.54, 1.807) is 0 Å². The second kappa shape index (κ2) is 8.18. The van der Waals surface area contributed by atoms with Crippen molar-refractivity contribution >= 4 is 26.5 Å². The summed E-state index contributed by atoms with van der Waals surface area (Å²) in [6, 6.07) is 3.98. The Bertz CT molecular complexity index is 701. The molecule has 0 radical (unpaired) electrons. The number of alkyl halides is 3. The Morgan fingerprint density at radius 3 is 2.41 bits per heavy atom. The summed E-state index contributed by atoms with van der Waals surface area (Å²) in [7, 11) is 1.29. The molecule has 27 heavy (non-hydrogen) atoms.